The fourth-order valence-electron chi connectivity index (χ4n) is 2.26. The maximum atomic E-state index is 11.7. The number of hydrogen-bond donors (Lipinski definition) is 1. The summed E-state index contributed by atoms with van der Waals surface area (Å²) in [5.74, 6) is 1.68. The van der Waals surface area contributed by atoms with Crippen molar-refractivity contribution in [2.45, 2.75) is 39.0 Å². The van der Waals surface area contributed by atoms with E-state index in [2.05, 4.69) is 15.3 Å². The number of aryl methyl sites for hydroxylation is 1. The topological polar surface area (TPSA) is 101 Å². The Morgan fingerprint density at radius 2 is 2.30 bits per heavy atom. The summed E-state index contributed by atoms with van der Waals surface area (Å²) in [4.78, 5) is 11.7. The normalized spacial score (nSPS) is 14.0. The third kappa shape index (κ3) is 2.63. The summed E-state index contributed by atoms with van der Waals surface area (Å²) in [7, 11) is 0. The van der Waals surface area contributed by atoms with Crippen LogP contribution in [-0.2, 0) is 35.6 Å². The summed E-state index contributed by atoms with van der Waals surface area (Å²) in [5.41, 5.74) is 5.48. The minimum absolute atomic E-state index is 0.0399. The first-order chi connectivity index (χ1) is 9.72. The number of fused-ring (bicyclic) bond motifs is 1. The molecule has 1 aliphatic heterocycles. The van der Waals surface area contributed by atoms with Crippen molar-refractivity contribution < 1.29 is 9.53 Å². The highest BCUT2D eigenvalue weighted by Crippen LogP contribution is 2.14. The van der Waals surface area contributed by atoms with Gasteiger partial charge in [0.1, 0.15) is 18.2 Å². The molecule has 0 atom stereocenters. The van der Waals surface area contributed by atoms with Crippen LogP contribution in [0.5, 0.6) is 0 Å². The number of carbonyl (C=O) groups is 1. The second-order valence-corrected chi connectivity index (χ2v) is 4.74. The van der Waals surface area contributed by atoms with Gasteiger partial charge in [-0.2, -0.15) is 5.10 Å². The molecule has 0 radical (unpaired) electrons. The molecule has 0 amide bonds. The van der Waals surface area contributed by atoms with Gasteiger partial charge < -0.3 is 15.0 Å². The lowest BCUT2D eigenvalue weighted by Gasteiger charge is -2.14. The first-order valence-corrected chi connectivity index (χ1v) is 6.58. The lowest BCUT2D eigenvalue weighted by molar-refractivity contribution is -0.146. The van der Waals surface area contributed by atoms with Gasteiger partial charge in [-0.15, -0.1) is 10.2 Å². The van der Waals surface area contributed by atoms with Gasteiger partial charge in [0.25, 0.3) is 0 Å². The van der Waals surface area contributed by atoms with Crippen LogP contribution in [0.15, 0.2) is 12.3 Å². The summed E-state index contributed by atoms with van der Waals surface area (Å²) in [6.45, 7) is 1.08. The highest BCUT2D eigenvalue weighted by atomic mass is 16.5. The van der Waals surface area contributed by atoms with Crippen molar-refractivity contribution in [1.82, 2.24) is 24.5 Å². The number of rotatable bonds is 4. The fraction of sp³-hybridized carbons (Fsp3) is 0.500. The number of nitrogen functional groups attached to an aromatic ring is 1. The number of anilines is 1. The van der Waals surface area contributed by atoms with E-state index in [0.29, 0.717) is 11.6 Å². The van der Waals surface area contributed by atoms with E-state index in [9.17, 15) is 4.79 Å². The molecule has 0 spiro atoms. The molecule has 0 fully saturated rings. The number of hydrogen-bond acceptors (Lipinski definition) is 6. The Balaban J connectivity index is 1.56. The van der Waals surface area contributed by atoms with Gasteiger partial charge >= 0.3 is 5.97 Å². The van der Waals surface area contributed by atoms with Gasteiger partial charge in [0.15, 0.2) is 12.4 Å². The zero-order valence-corrected chi connectivity index (χ0v) is 11.0. The van der Waals surface area contributed by atoms with Gasteiger partial charge in [-0.1, -0.05) is 0 Å². The van der Waals surface area contributed by atoms with E-state index in [-0.39, 0.29) is 19.1 Å². The maximum absolute atomic E-state index is 11.7. The second kappa shape index (κ2) is 5.32. The minimum Gasteiger partial charge on any atom is -0.456 e. The van der Waals surface area contributed by atoms with Crippen LogP contribution in [0.3, 0.4) is 0 Å². The number of carbonyl (C=O) groups excluding carboxylic acids is 1. The molecule has 2 aromatic rings. The highest BCUT2D eigenvalue weighted by molar-refractivity contribution is 5.69. The van der Waals surface area contributed by atoms with Crippen molar-refractivity contribution in [3.8, 4) is 0 Å². The molecule has 106 valence electrons. The highest BCUT2D eigenvalue weighted by Gasteiger charge is 2.16. The van der Waals surface area contributed by atoms with Crippen LogP contribution in [0, 0.1) is 0 Å². The predicted octanol–water partition coefficient (Wildman–Crippen LogP) is 0.136. The molecule has 0 aromatic carbocycles. The van der Waals surface area contributed by atoms with Gasteiger partial charge in [-0.25, -0.2) is 0 Å². The Kier molecular flexibility index (Phi) is 3.36. The number of nitrogens with two attached hydrogens (primary N) is 1. The van der Waals surface area contributed by atoms with E-state index in [1.807, 2.05) is 4.57 Å². The Bertz CT molecular complexity index is 617. The monoisotopic (exact) mass is 276 g/mol. The largest absolute Gasteiger partial charge is 0.456 e. The standard InChI is InChI=1S/C12H16N6O2/c13-9-4-6-17(16-9)7-12(19)20-8-11-15-14-10-3-1-2-5-18(10)11/h4,6H,1-3,5,7-8H2,(H2,13,16). The number of ether oxygens (including phenoxy) is 1. The molecular formula is C12H16N6O2. The molecular weight excluding hydrogens is 260 g/mol. The molecule has 2 aromatic heterocycles. The molecule has 0 aliphatic carbocycles. The first kappa shape index (κ1) is 12.6. The van der Waals surface area contributed by atoms with Crippen molar-refractivity contribution in [1.29, 1.82) is 0 Å². The van der Waals surface area contributed by atoms with E-state index in [1.165, 1.54) is 4.68 Å². The third-order valence-electron chi connectivity index (χ3n) is 3.25. The van der Waals surface area contributed by atoms with Gasteiger partial charge in [0, 0.05) is 19.2 Å². The number of nitrogens with zero attached hydrogens (tertiary/aromatic N) is 5. The van der Waals surface area contributed by atoms with Gasteiger partial charge in [-0.05, 0) is 18.9 Å². The van der Waals surface area contributed by atoms with Crippen LogP contribution in [0.2, 0.25) is 0 Å². The van der Waals surface area contributed by atoms with E-state index in [1.54, 1.807) is 12.3 Å². The Hall–Kier alpha value is -2.38. The molecule has 0 saturated carbocycles. The molecule has 0 saturated heterocycles. The van der Waals surface area contributed by atoms with E-state index < -0.39 is 0 Å². The number of aromatic nitrogens is 5. The SMILES string of the molecule is Nc1ccn(CC(=O)OCc2nnc3n2CCCC3)n1. The van der Waals surface area contributed by atoms with E-state index in [4.69, 9.17) is 10.5 Å². The van der Waals surface area contributed by atoms with Crippen molar-refractivity contribution in [2.24, 2.45) is 0 Å². The van der Waals surface area contributed by atoms with Crippen LogP contribution >= 0.6 is 0 Å². The molecule has 2 N–H and O–H groups in total. The Morgan fingerprint density at radius 3 is 3.10 bits per heavy atom. The molecule has 3 heterocycles. The molecule has 20 heavy (non-hydrogen) atoms. The smallest absolute Gasteiger partial charge is 0.328 e. The molecule has 8 nitrogen and oxygen atoms in total. The second-order valence-electron chi connectivity index (χ2n) is 4.74. The molecule has 0 bridgehead atoms. The fourth-order valence-corrected chi connectivity index (χ4v) is 2.26. The van der Waals surface area contributed by atoms with Crippen molar-refractivity contribution in [3.05, 3.63) is 23.9 Å². The van der Waals surface area contributed by atoms with Crippen LogP contribution in [0.1, 0.15) is 24.5 Å². The molecule has 0 unspecified atom stereocenters. The molecule has 3 rings (SSSR count). The lowest BCUT2D eigenvalue weighted by atomic mass is 10.2. The quantitative estimate of drug-likeness (QED) is 0.797. The number of esters is 1. The molecule has 1 aliphatic rings. The van der Waals surface area contributed by atoms with Crippen LogP contribution in [0.4, 0.5) is 5.82 Å². The summed E-state index contributed by atoms with van der Waals surface area (Å²) < 4.78 is 8.67. The summed E-state index contributed by atoms with van der Waals surface area (Å²) in [6.07, 6.45) is 4.82. The van der Waals surface area contributed by atoms with Crippen molar-refractivity contribution in [3.63, 3.8) is 0 Å². The van der Waals surface area contributed by atoms with Crippen molar-refractivity contribution >= 4 is 11.8 Å². The Morgan fingerprint density at radius 1 is 1.40 bits per heavy atom. The minimum atomic E-state index is -0.374. The van der Waals surface area contributed by atoms with Gasteiger partial charge in [0.2, 0.25) is 0 Å². The molecule has 8 heteroatoms. The van der Waals surface area contributed by atoms with Crippen LogP contribution in [-0.4, -0.2) is 30.5 Å². The van der Waals surface area contributed by atoms with Crippen LogP contribution in [0.25, 0.3) is 0 Å². The Labute approximate surface area is 115 Å². The zero-order chi connectivity index (χ0) is 13.9. The van der Waals surface area contributed by atoms with Gasteiger partial charge in [-0.3, -0.25) is 9.48 Å². The maximum Gasteiger partial charge on any atom is 0.328 e. The van der Waals surface area contributed by atoms with Gasteiger partial charge in [0.05, 0.1) is 0 Å². The van der Waals surface area contributed by atoms with E-state index in [0.717, 1.165) is 31.6 Å². The average Bonchev–Trinajstić information content (AvgIpc) is 3.03. The summed E-state index contributed by atoms with van der Waals surface area (Å²) in [6, 6.07) is 1.63. The average molecular weight is 276 g/mol. The predicted molar refractivity (Wildman–Crippen MR) is 69.4 cm³/mol. The van der Waals surface area contributed by atoms with E-state index >= 15 is 0 Å². The first-order valence-electron chi connectivity index (χ1n) is 6.58. The summed E-state index contributed by atoms with van der Waals surface area (Å²) >= 11 is 0. The lowest BCUT2D eigenvalue weighted by Crippen LogP contribution is -2.17. The van der Waals surface area contributed by atoms with Crippen LogP contribution < -0.4 is 5.73 Å². The van der Waals surface area contributed by atoms with Crippen molar-refractivity contribution in [2.75, 3.05) is 5.73 Å². The zero-order valence-electron chi connectivity index (χ0n) is 11.0. The summed E-state index contributed by atoms with van der Waals surface area (Å²) in [5, 5.41) is 12.1. The third-order valence-corrected chi connectivity index (χ3v) is 3.25.